The average Bonchev–Trinajstić information content (AvgIpc) is 2.25. The number of hydrogen-bond acceptors (Lipinski definition) is 5. The first-order valence-corrected chi connectivity index (χ1v) is 7.09. The van der Waals surface area contributed by atoms with Gasteiger partial charge in [0.1, 0.15) is 0 Å². The lowest BCUT2D eigenvalue weighted by Crippen LogP contribution is -2.62. The monoisotopic (exact) mass is 309 g/mol. The third kappa shape index (κ3) is 13.4. The lowest BCUT2D eigenvalue weighted by Gasteiger charge is -2.04. The van der Waals surface area contributed by atoms with Crippen LogP contribution >= 0.6 is 0 Å². The molecule has 0 saturated carbocycles. The number of unbranched alkanes of at least 4 members (excludes halogenated alkanes) is 1. The van der Waals surface area contributed by atoms with Gasteiger partial charge in [-0.3, -0.25) is 4.79 Å². The van der Waals surface area contributed by atoms with Gasteiger partial charge in [0, 0.05) is 6.42 Å². The van der Waals surface area contributed by atoms with Crippen molar-refractivity contribution >= 4 is 16.0 Å². The molecular formula is C9H18F3NO5S. The standard InChI is InChI=1S/C8H15O3.CH2F3NO2S/c1-2-3-7-11-8(10)5-4-6-9;2-1(3,4)8(5,6)7/h2-7H2,1H3;(H2,5,6,7)/q-1;/p+1. The fraction of sp³-hybridized carbons (Fsp3) is 0.889. The van der Waals surface area contributed by atoms with Crippen LogP contribution < -0.4 is 10.2 Å². The van der Waals surface area contributed by atoms with Crippen LogP contribution in [0.1, 0.15) is 32.6 Å². The number of alkyl halides is 3. The van der Waals surface area contributed by atoms with Gasteiger partial charge in [-0.25, -0.2) is 5.14 Å². The highest BCUT2D eigenvalue weighted by atomic mass is 32.2. The van der Waals surface area contributed by atoms with E-state index in [1.54, 1.807) is 0 Å². The molecule has 10 heteroatoms. The average molecular weight is 309 g/mol. The summed E-state index contributed by atoms with van der Waals surface area (Å²) in [4.78, 5) is 10.7. The van der Waals surface area contributed by atoms with E-state index in [4.69, 9.17) is 4.74 Å². The van der Waals surface area contributed by atoms with Crippen molar-refractivity contribution < 1.29 is 41.4 Å². The van der Waals surface area contributed by atoms with Crippen LogP contribution in [0.5, 0.6) is 0 Å². The summed E-state index contributed by atoms with van der Waals surface area (Å²) in [7, 11) is -5.09. The summed E-state index contributed by atoms with van der Waals surface area (Å²) in [5.41, 5.74) is -5.20. The minimum absolute atomic E-state index is 0.192. The molecule has 0 radical (unpaired) electrons. The Morgan fingerprint density at radius 2 is 1.79 bits per heavy atom. The van der Waals surface area contributed by atoms with Gasteiger partial charge in [-0.15, -0.1) is 6.61 Å². The molecule has 0 rings (SSSR count). The second-order valence-corrected chi connectivity index (χ2v) is 5.13. The van der Waals surface area contributed by atoms with Crippen molar-refractivity contribution in [3.8, 4) is 0 Å². The molecule has 0 saturated heterocycles. The van der Waals surface area contributed by atoms with Gasteiger partial charge in [0.05, 0.1) is 6.61 Å². The maximum absolute atomic E-state index is 10.9. The third-order valence-electron chi connectivity index (χ3n) is 1.64. The summed E-state index contributed by atoms with van der Waals surface area (Å²) in [5.74, 6) is -0.241. The summed E-state index contributed by atoms with van der Waals surface area (Å²) < 4.78 is 56.4. The van der Waals surface area contributed by atoms with Crippen LogP contribution in [0, 0.1) is 0 Å². The molecule has 0 aliphatic heterocycles. The molecule has 0 spiro atoms. The Labute approximate surface area is 109 Å². The van der Waals surface area contributed by atoms with E-state index in [1.165, 1.54) is 0 Å². The van der Waals surface area contributed by atoms with Gasteiger partial charge < -0.3 is 9.84 Å². The molecule has 0 atom stereocenters. The maximum atomic E-state index is 10.9. The third-order valence-corrected chi connectivity index (χ3v) is 2.34. The van der Waals surface area contributed by atoms with E-state index in [-0.39, 0.29) is 19.0 Å². The molecule has 0 aromatic heterocycles. The number of carbonyl (C=O) groups is 1. The highest BCUT2D eigenvalue weighted by molar-refractivity contribution is 7.85. The van der Waals surface area contributed by atoms with E-state index in [9.17, 15) is 31.5 Å². The Hall–Kier alpha value is -0.870. The lowest BCUT2D eigenvalue weighted by atomic mass is 10.3. The topological polar surface area (TPSA) is 111 Å². The summed E-state index contributed by atoms with van der Waals surface area (Å²) in [6, 6.07) is 0. The van der Waals surface area contributed by atoms with Gasteiger partial charge in [0.25, 0.3) is 0 Å². The molecule has 0 aromatic carbocycles. The van der Waals surface area contributed by atoms with Gasteiger partial charge in [-0.1, -0.05) is 19.8 Å². The quantitative estimate of drug-likeness (QED) is 0.527. The van der Waals surface area contributed by atoms with Gasteiger partial charge in [-0.2, -0.15) is 21.6 Å². The van der Waals surface area contributed by atoms with Gasteiger partial charge in [0.15, 0.2) is 0 Å². The Morgan fingerprint density at radius 3 is 2.11 bits per heavy atom. The molecule has 3 N–H and O–H groups in total. The molecule has 0 aliphatic rings. The molecule has 116 valence electrons. The minimum atomic E-state index is -5.20. The van der Waals surface area contributed by atoms with Crippen molar-refractivity contribution in [3.63, 3.8) is 0 Å². The van der Waals surface area contributed by atoms with E-state index in [2.05, 4.69) is 0 Å². The van der Waals surface area contributed by atoms with Crippen molar-refractivity contribution in [2.45, 2.75) is 38.1 Å². The fourth-order valence-electron chi connectivity index (χ4n) is 0.619. The van der Waals surface area contributed by atoms with Crippen LogP contribution in [0.15, 0.2) is 0 Å². The molecule has 0 amide bonds. The maximum Gasteiger partial charge on any atom is 0.549 e. The van der Waals surface area contributed by atoms with Crippen molar-refractivity contribution in [1.29, 1.82) is 0 Å². The Morgan fingerprint density at radius 1 is 1.32 bits per heavy atom. The Bertz CT molecular complexity index is 342. The fourth-order valence-corrected chi connectivity index (χ4v) is 0.619. The first-order chi connectivity index (χ1) is 8.56. The number of sulfonamides is 1. The molecule has 0 aliphatic carbocycles. The van der Waals surface area contributed by atoms with E-state index in [0.717, 1.165) is 12.8 Å². The molecule has 0 heterocycles. The zero-order valence-corrected chi connectivity index (χ0v) is 11.3. The first kappa shape index (κ1) is 20.4. The molecule has 0 bridgehead atoms. The second-order valence-electron chi connectivity index (χ2n) is 3.44. The van der Waals surface area contributed by atoms with Crippen LogP contribution in [0.25, 0.3) is 0 Å². The van der Waals surface area contributed by atoms with E-state index in [0.29, 0.717) is 13.0 Å². The normalized spacial score (nSPS) is 11.5. The van der Waals surface area contributed by atoms with Gasteiger partial charge in [-0.05, 0) is 6.42 Å². The Balaban J connectivity index is 0. The van der Waals surface area contributed by atoms with E-state index < -0.39 is 15.5 Å². The Kier molecular flexibility index (Phi) is 10.7. The molecule has 0 unspecified atom stereocenters. The zero-order valence-electron chi connectivity index (χ0n) is 10.5. The van der Waals surface area contributed by atoms with Crippen molar-refractivity contribution in [1.82, 2.24) is 0 Å². The van der Waals surface area contributed by atoms with Crippen molar-refractivity contribution in [2.24, 2.45) is 0 Å². The van der Waals surface area contributed by atoms with Crippen LogP contribution in [0.4, 0.5) is 13.2 Å². The van der Waals surface area contributed by atoms with Crippen LogP contribution in [-0.4, -0.2) is 33.1 Å². The molecule has 0 fully saturated rings. The number of hydrogen-bond donors (Lipinski definition) is 1. The molecule has 19 heavy (non-hydrogen) atoms. The number of esters is 1. The van der Waals surface area contributed by atoms with Gasteiger partial charge in [0.2, 0.25) is 0 Å². The van der Waals surface area contributed by atoms with E-state index in [1.807, 2.05) is 12.1 Å². The summed E-state index contributed by atoms with van der Waals surface area (Å²) >= 11 is 0. The minimum Gasteiger partial charge on any atom is -0.854 e. The highest BCUT2D eigenvalue weighted by Gasteiger charge is 2.46. The number of quaternary nitrogens is 1. The largest absolute Gasteiger partial charge is 0.854 e. The summed E-state index contributed by atoms with van der Waals surface area (Å²) in [6.45, 7) is 2.34. The number of rotatable bonds is 6. The lowest BCUT2D eigenvalue weighted by molar-refractivity contribution is -0.368. The number of carbonyl (C=O) groups excluding carboxylic acids is 1. The highest BCUT2D eigenvalue weighted by Crippen LogP contribution is 2.17. The van der Waals surface area contributed by atoms with Gasteiger partial charge >= 0.3 is 21.5 Å². The SMILES string of the molecule is CCCCOC(=O)CCC[O-].[NH3+]S(=O)(=O)C(F)(F)F. The van der Waals surface area contributed by atoms with Crippen LogP contribution in [0.2, 0.25) is 0 Å². The summed E-state index contributed by atoms with van der Waals surface area (Å²) in [6.07, 6.45) is 2.59. The smallest absolute Gasteiger partial charge is 0.549 e. The predicted molar refractivity (Wildman–Crippen MR) is 57.8 cm³/mol. The predicted octanol–water partition coefficient (Wildman–Crippen LogP) is -0.452. The van der Waals surface area contributed by atoms with Crippen LogP contribution in [0.3, 0.4) is 0 Å². The number of halogens is 3. The number of ether oxygens (including phenoxy) is 1. The van der Waals surface area contributed by atoms with E-state index >= 15 is 0 Å². The van der Waals surface area contributed by atoms with Crippen LogP contribution in [-0.2, 0) is 19.6 Å². The van der Waals surface area contributed by atoms with Crippen molar-refractivity contribution in [2.75, 3.05) is 13.2 Å². The molecular weight excluding hydrogens is 291 g/mol. The molecule has 0 aromatic rings. The first-order valence-electron chi connectivity index (χ1n) is 5.44. The van der Waals surface area contributed by atoms with Crippen molar-refractivity contribution in [3.05, 3.63) is 0 Å². The summed E-state index contributed by atoms with van der Waals surface area (Å²) in [5, 5.41) is 11.8. The zero-order chi connectivity index (χ0) is 15.5. The second kappa shape index (κ2) is 9.98. The molecule has 6 nitrogen and oxygen atoms in total.